The Morgan fingerprint density at radius 1 is 1.36 bits per heavy atom. The molecule has 2 unspecified atom stereocenters. The number of benzene rings is 1. The standard InChI is InChI=1S/C17H23N3O2/c1-3-11(4-2)16(21)18-12-9-15-17(22)19-13-7-5-6-8-14(13)20(15)10-12/h5-8,11-12,15H,3-4,9-10H2,1-2H3,(H,18,21)(H,19,22). The Kier molecular flexibility index (Phi) is 4.05. The third kappa shape index (κ3) is 2.56. The molecule has 2 atom stereocenters. The molecule has 1 aromatic rings. The molecule has 118 valence electrons. The number of nitrogens with zero attached hydrogens (tertiary/aromatic N) is 1. The van der Waals surface area contributed by atoms with Crippen molar-refractivity contribution in [1.29, 1.82) is 0 Å². The van der Waals surface area contributed by atoms with Gasteiger partial charge in [-0.25, -0.2) is 0 Å². The maximum Gasteiger partial charge on any atom is 0.247 e. The van der Waals surface area contributed by atoms with Crippen molar-refractivity contribution in [2.45, 2.75) is 45.2 Å². The van der Waals surface area contributed by atoms with E-state index < -0.39 is 0 Å². The maximum absolute atomic E-state index is 12.3. The molecule has 2 heterocycles. The van der Waals surface area contributed by atoms with Gasteiger partial charge in [0, 0.05) is 18.5 Å². The van der Waals surface area contributed by atoms with Gasteiger partial charge in [0.25, 0.3) is 0 Å². The average Bonchev–Trinajstić information content (AvgIpc) is 2.93. The molecule has 2 amide bonds. The van der Waals surface area contributed by atoms with E-state index in [4.69, 9.17) is 0 Å². The molecule has 1 aromatic carbocycles. The van der Waals surface area contributed by atoms with Crippen LogP contribution in [0.25, 0.3) is 0 Å². The van der Waals surface area contributed by atoms with Crippen molar-refractivity contribution in [3.63, 3.8) is 0 Å². The second kappa shape index (κ2) is 5.99. The summed E-state index contributed by atoms with van der Waals surface area (Å²) in [6, 6.07) is 7.69. The average molecular weight is 301 g/mol. The third-order valence-electron chi connectivity index (χ3n) is 4.78. The number of hydrogen-bond acceptors (Lipinski definition) is 3. The Hall–Kier alpha value is -2.04. The fraction of sp³-hybridized carbons (Fsp3) is 0.529. The van der Waals surface area contributed by atoms with E-state index in [2.05, 4.69) is 15.5 Å². The van der Waals surface area contributed by atoms with E-state index in [9.17, 15) is 9.59 Å². The highest BCUT2D eigenvalue weighted by atomic mass is 16.2. The third-order valence-corrected chi connectivity index (χ3v) is 4.78. The molecule has 5 nitrogen and oxygen atoms in total. The molecule has 2 aliphatic rings. The quantitative estimate of drug-likeness (QED) is 0.895. The van der Waals surface area contributed by atoms with E-state index in [-0.39, 0.29) is 29.8 Å². The summed E-state index contributed by atoms with van der Waals surface area (Å²) < 4.78 is 0. The van der Waals surface area contributed by atoms with Gasteiger partial charge in [-0.3, -0.25) is 9.59 Å². The number of anilines is 2. The molecule has 0 radical (unpaired) electrons. The Morgan fingerprint density at radius 2 is 2.09 bits per heavy atom. The van der Waals surface area contributed by atoms with Gasteiger partial charge in [0.15, 0.2) is 0 Å². The molecular formula is C17H23N3O2. The summed E-state index contributed by atoms with van der Waals surface area (Å²) >= 11 is 0. The first-order chi connectivity index (χ1) is 10.6. The highest BCUT2D eigenvalue weighted by Crippen LogP contribution is 2.36. The molecule has 1 saturated heterocycles. The number of amides is 2. The van der Waals surface area contributed by atoms with Crippen molar-refractivity contribution < 1.29 is 9.59 Å². The van der Waals surface area contributed by atoms with Gasteiger partial charge >= 0.3 is 0 Å². The summed E-state index contributed by atoms with van der Waals surface area (Å²) in [6.45, 7) is 4.77. The zero-order valence-corrected chi connectivity index (χ0v) is 13.1. The van der Waals surface area contributed by atoms with Gasteiger partial charge in [0.05, 0.1) is 11.4 Å². The van der Waals surface area contributed by atoms with E-state index in [1.54, 1.807) is 0 Å². The Morgan fingerprint density at radius 3 is 2.82 bits per heavy atom. The van der Waals surface area contributed by atoms with E-state index in [1.807, 2.05) is 38.1 Å². The Bertz CT molecular complexity index is 583. The van der Waals surface area contributed by atoms with E-state index in [0.717, 1.165) is 24.2 Å². The fourth-order valence-electron chi connectivity index (χ4n) is 3.48. The van der Waals surface area contributed by atoms with Crippen LogP contribution in [0.15, 0.2) is 24.3 Å². The molecule has 0 spiro atoms. The largest absolute Gasteiger partial charge is 0.356 e. The Balaban J connectivity index is 1.74. The number of carbonyl (C=O) groups excluding carboxylic acids is 2. The van der Waals surface area contributed by atoms with Crippen molar-refractivity contribution in [3.8, 4) is 0 Å². The molecular weight excluding hydrogens is 278 g/mol. The fourth-order valence-corrected chi connectivity index (χ4v) is 3.48. The summed E-state index contributed by atoms with van der Waals surface area (Å²) in [4.78, 5) is 26.6. The van der Waals surface area contributed by atoms with E-state index in [0.29, 0.717) is 13.0 Å². The monoisotopic (exact) mass is 301 g/mol. The van der Waals surface area contributed by atoms with Gasteiger partial charge in [-0.15, -0.1) is 0 Å². The first-order valence-corrected chi connectivity index (χ1v) is 8.11. The van der Waals surface area contributed by atoms with Gasteiger partial charge in [-0.05, 0) is 31.4 Å². The lowest BCUT2D eigenvalue weighted by Crippen LogP contribution is -2.44. The van der Waals surface area contributed by atoms with Crippen LogP contribution in [0.1, 0.15) is 33.1 Å². The number of para-hydroxylation sites is 2. The molecule has 2 N–H and O–H groups in total. The smallest absolute Gasteiger partial charge is 0.247 e. The first-order valence-electron chi connectivity index (χ1n) is 8.11. The van der Waals surface area contributed by atoms with Crippen molar-refractivity contribution in [3.05, 3.63) is 24.3 Å². The van der Waals surface area contributed by atoms with Crippen LogP contribution in [0.4, 0.5) is 11.4 Å². The molecule has 0 aromatic heterocycles. The number of nitrogens with one attached hydrogen (secondary N) is 2. The zero-order valence-electron chi connectivity index (χ0n) is 13.1. The van der Waals surface area contributed by atoms with Crippen LogP contribution in [0.3, 0.4) is 0 Å². The van der Waals surface area contributed by atoms with Crippen LogP contribution in [-0.2, 0) is 9.59 Å². The minimum atomic E-state index is -0.179. The first kappa shape index (κ1) is 14.9. The molecule has 3 rings (SSSR count). The predicted molar refractivity (Wildman–Crippen MR) is 86.8 cm³/mol. The van der Waals surface area contributed by atoms with Crippen LogP contribution in [0.5, 0.6) is 0 Å². The second-order valence-corrected chi connectivity index (χ2v) is 6.13. The number of hydrogen-bond donors (Lipinski definition) is 2. The highest BCUT2D eigenvalue weighted by Gasteiger charge is 2.41. The molecule has 2 aliphatic heterocycles. The molecule has 1 fully saturated rings. The number of carbonyl (C=O) groups is 2. The zero-order chi connectivity index (χ0) is 15.7. The molecule has 22 heavy (non-hydrogen) atoms. The lowest BCUT2D eigenvalue weighted by molar-refractivity contribution is -0.126. The molecule has 5 heteroatoms. The minimum Gasteiger partial charge on any atom is -0.356 e. The lowest BCUT2D eigenvalue weighted by Gasteiger charge is -2.32. The summed E-state index contributed by atoms with van der Waals surface area (Å²) in [6.07, 6.45) is 2.38. The van der Waals surface area contributed by atoms with Gasteiger partial charge in [0.1, 0.15) is 6.04 Å². The van der Waals surface area contributed by atoms with Crippen LogP contribution in [0.2, 0.25) is 0 Å². The Labute approximate surface area is 131 Å². The maximum atomic E-state index is 12.3. The highest BCUT2D eigenvalue weighted by molar-refractivity contribution is 6.04. The summed E-state index contributed by atoms with van der Waals surface area (Å²) in [5.74, 6) is 0.209. The van der Waals surface area contributed by atoms with Crippen LogP contribution < -0.4 is 15.5 Å². The van der Waals surface area contributed by atoms with Gasteiger partial charge in [0.2, 0.25) is 11.8 Å². The van der Waals surface area contributed by atoms with Crippen LogP contribution >= 0.6 is 0 Å². The van der Waals surface area contributed by atoms with Gasteiger partial charge < -0.3 is 15.5 Å². The SMILES string of the molecule is CCC(CC)C(=O)NC1CC2C(=O)Nc3ccccc3N2C1. The van der Waals surface area contributed by atoms with E-state index in [1.165, 1.54) is 0 Å². The molecule has 0 aliphatic carbocycles. The predicted octanol–water partition coefficient (Wildman–Crippen LogP) is 2.14. The summed E-state index contributed by atoms with van der Waals surface area (Å²) in [7, 11) is 0. The van der Waals surface area contributed by atoms with Gasteiger partial charge in [-0.2, -0.15) is 0 Å². The van der Waals surface area contributed by atoms with E-state index >= 15 is 0 Å². The minimum absolute atomic E-state index is 0.0259. The summed E-state index contributed by atoms with van der Waals surface area (Å²) in [5.41, 5.74) is 1.90. The number of fused-ring (bicyclic) bond motifs is 3. The van der Waals surface area contributed by atoms with Crippen molar-refractivity contribution in [1.82, 2.24) is 5.32 Å². The van der Waals surface area contributed by atoms with Crippen molar-refractivity contribution >= 4 is 23.2 Å². The number of rotatable bonds is 4. The van der Waals surface area contributed by atoms with Gasteiger partial charge in [-0.1, -0.05) is 26.0 Å². The lowest BCUT2D eigenvalue weighted by atomic mass is 10.0. The topological polar surface area (TPSA) is 61.4 Å². The van der Waals surface area contributed by atoms with Crippen molar-refractivity contribution in [2.24, 2.45) is 5.92 Å². The molecule has 0 saturated carbocycles. The second-order valence-electron chi connectivity index (χ2n) is 6.13. The summed E-state index contributed by atoms with van der Waals surface area (Å²) in [5, 5.41) is 6.08. The normalized spacial score (nSPS) is 23.0. The molecule has 0 bridgehead atoms. The van der Waals surface area contributed by atoms with Crippen molar-refractivity contribution in [2.75, 3.05) is 16.8 Å². The van der Waals surface area contributed by atoms with Crippen LogP contribution in [-0.4, -0.2) is 30.4 Å². The van der Waals surface area contributed by atoms with Crippen LogP contribution in [0, 0.1) is 5.92 Å².